The third-order valence-electron chi connectivity index (χ3n) is 6.03. The van der Waals surface area contributed by atoms with Gasteiger partial charge in [0, 0.05) is 0 Å². The predicted octanol–water partition coefficient (Wildman–Crippen LogP) is 4.70. The summed E-state index contributed by atoms with van der Waals surface area (Å²) < 4.78 is 0. The van der Waals surface area contributed by atoms with Crippen LogP contribution in [0.4, 0.5) is 0 Å². The Morgan fingerprint density at radius 2 is 0.750 bits per heavy atom. The fourth-order valence-corrected chi connectivity index (χ4v) is 5.46. The van der Waals surface area contributed by atoms with Crippen molar-refractivity contribution in [1.29, 1.82) is 0 Å². The Morgan fingerprint density at radius 3 is 1.06 bits per heavy atom. The highest BCUT2D eigenvalue weighted by atomic mass is 14.5. The van der Waals surface area contributed by atoms with E-state index in [1.165, 1.54) is 38.5 Å². The topological polar surface area (TPSA) is 0 Å². The van der Waals surface area contributed by atoms with Gasteiger partial charge in [0.15, 0.2) is 0 Å². The van der Waals surface area contributed by atoms with Crippen molar-refractivity contribution in [1.82, 2.24) is 0 Å². The van der Waals surface area contributed by atoms with Crippen LogP contribution in [-0.2, 0) is 0 Å². The second kappa shape index (κ2) is 3.62. The molecule has 0 N–H and O–H groups in total. The van der Waals surface area contributed by atoms with E-state index in [1.807, 2.05) is 11.1 Å². The molecule has 4 rings (SSSR count). The van der Waals surface area contributed by atoms with Crippen LogP contribution in [0.1, 0.15) is 64.2 Å². The van der Waals surface area contributed by atoms with E-state index in [0.717, 1.165) is 23.7 Å². The molecule has 0 unspecified atom stereocenters. The molecule has 4 aliphatic rings. The largest absolute Gasteiger partial charge is 0.0642 e. The average Bonchev–Trinajstić information content (AvgIpc) is 2.36. The van der Waals surface area contributed by atoms with E-state index in [9.17, 15) is 0 Å². The van der Waals surface area contributed by atoms with Gasteiger partial charge in [-0.1, -0.05) is 24.0 Å². The molecule has 16 heavy (non-hydrogen) atoms. The Bertz CT molecular complexity index is 265. The van der Waals surface area contributed by atoms with Gasteiger partial charge in [0.1, 0.15) is 0 Å². The molecule has 0 spiro atoms. The van der Waals surface area contributed by atoms with Crippen molar-refractivity contribution in [2.45, 2.75) is 64.2 Å². The summed E-state index contributed by atoms with van der Waals surface area (Å²) in [5.74, 6) is 4.19. The maximum absolute atomic E-state index is 2.04. The maximum atomic E-state index is 2.04. The van der Waals surface area contributed by atoms with E-state index in [1.54, 1.807) is 25.7 Å². The van der Waals surface area contributed by atoms with Crippen LogP contribution >= 0.6 is 0 Å². The van der Waals surface area contributed by atoms with Gasteiger partial charge in [-0.2, -0.15) is 0 Å². The summed E-state index contributed by atoms with van der Waals surface area (Å²) in [4.78, 5) is 0. The lowest BCUT2D eigenvalue weighted by Crippen LogP contribution is -2.36. The molecule has 0 nitrogen and oxygen atoms in total. The van der Waals surface area contributed by atoms with E-state index in [2.05, 4.69) is 0 Å². The van der Waals surface area contributed by atoms with Crippen LogP contribution in [0.3, 0.4) is 0 Å². The third-order valence-corrected chi connectivity index (χ3v) is 6.03. The van der Waals surface area contributed by atoms with Gasteiger partial charge in [-0.3, -0.25) is 0 Å². The molecule has 0 bridgehead atoms. The molecule has 0 aliphatic heterocycles. The Kier molecular flexibility index (Phi) is 2.20. The van der Waals surface area contributed by atoms with E-state index < -0.39 is 0 Å². The Hall–Kier alpha value is -0.260. The fourth-order valence-electron chi connectivity index (χ4n) is 5.46. The second-order valence-corrected chi connectivity index (χ2v) is 6.71. The Morgan fingerprint density at radius 1 is 0.438 bits per heavy atom. The van der Waals surface area contributed by atoms with Gasteiger partial charge in [0.2, 0.25) is 0 Å². The first-order valence-corrected chi connectivity index (χ1v) is 7.67. The number of hydrogen-bond acceptors (Lipinski definition) is 0. The number of rotatable bonds is 0. The maximum Gasteiger partial charge on any atom is -0.0197 e. The molecular weight excluding hydrogens is 192 g/mol. The van der Waals surface area contributed by atoms with Crippen molar-refractivity contribution >= 4 is 0 Å². The van der Waals surface area contributed by atoms with Crippen LogP contribution < -0.4 is 0 Å². The molecule has 2 fully saturated rings. The lowest BCUT2D eigenvalue weighted by Gasteiger charge is -2.49. The van der Waals surface area contributed by atoms with Crippen molar-refractivity contribution in [3.05, 3.63) is 11.1 Å². The Balaban J connectivity index is 1.81. The second-order valence-electron chi connectivity index (χ2n) is 6.71. The average molecular weight is 216 g/mol. The summed E-state index contributed by atoms with van der Waals surface area (Å²) in [6, 6.07) is 0. The van der Waals surface area contributed by atoms with Gasteiger partial charge < -0.3 is 0 Å². The zero-order chi connectivity index (χ0) is 10.5. The van der Waals surface area contributed by atoms with Gasteiger partial charge >= 0.3 is 0 Å². The van der Waals surface area contributed by atoms with Crippen molar-refractivity contribution in [2.75, 3.05) is 0 Å². The molecule has 0 aromatic carbocycles. The smallest absolute Gasteiger partial charge is 0.0197 e. The quantitative estimate of drug-likeness (QED) is 0.515. The highest BCUT2D eigenvalue weighted by Gasteiger charge is 2.42. The molecule has 0 amide bonds. The molecule has 0 heteroatoms. The van der Waals surface area contributed by atoms with Gasteiger partial charge in [0.05, 0.1) is 0 Å². The van der Waals surface area contributed by atoms with Gasteiger partial charge in [-0.25, -0.2) is 0 Å². The summed E-state index contributed by atoms with van der Waals surface area (Å²) in [6.45, 7) is 0. The lowest BCUT2D eigenvalue weighted by molar-refractivity contribution is 0.202. The zero-order valence-corrected chi connectivity index (χ0v) is 10.4. The molecule has 2 saturated carbocycles. The molecule has 88 valence electrons. The fraction of sp³-hybridized carbons (Fsp3) is 0.875. The molecule has 0 radical (unpaired) electrons. The summed E-state index contributed by atoms with van der Waals surface area (Å²) >= 11 is 0. The van der Waals surface area contributed by atoms with E-state index in [0.29, 0.717) is 0 Å². The summed E-state index contributed by atoms with van der Waals surface area (Å²) in [5, 5.41) is 0. The van der Waals surface area contributed by atoms with Crippen LogP contribution in [0, 0.1) is 23.7 Å². The summed E-state index contributed by atoms with van der Waals surface area (Å²) in [7, 11) is 0. The molecule has 0 heterocycles. The third kappa shape index (κ3) is 1.28. The minimum atomic E-state index is 1.05. The van der Waals surface area contributed by atoms with E-state index >= 15 is 0 Å². The highest BCUT2D eigenvalue weighted by molar-refractivity contribution is 5.32. The lowest BCUT2D eigenvalue weighted by atomic mass is 9.56. The molecule has 0 aromatic heterocycles. The monoisotopic (exact) mass is 216 g/mol. The van der Waals surface area contributed by atoms with Gasteiger partial charge in [-0.05, 0) is 75.0 Å². The molecule has 0 aromatic rings. The summed E-state index contributed by atoms with van der Waals surface area (Å²) in [6.07, 6.45) is 15.4. The van der Waals surface area contributed by atoms with Gasteiger partial charge in [-0.15, -0.1) is 0 Å². The van der Waals surface area contributed by atoms with Crippen LogP contribution in [0.15, 0.2) is 11.1 Å². The molecule has 0 saturated heterocycles. The number of allylic oxidation sites excluding steroid dienone is 2. The first-order valence-electron chi connectivity index (χ1n) is 7.67. The first kappa shape index (κ1) is 9.74. The van der Waals surface area contributed by atoms with E-state index in [-0.39, 0.29) is 0 Å². The SMILES string of the molecule is C1C[C@H]2CC[C@@H]3CCC[C@H]4CC[C@H](C1)C2=C34. The molecule has 4 aliphatic carbocycles. The standard InChI is InChI=1S/C16H24/c1-3-11-7-9-13-5-2-6-14-10-8-12(4-1)15(11)16(13)14/h11-14H,1-10H2/t11-,12-,13-,14-/m0/s1. The van der Waals surface area contributed by atoms with Gasteiger partial charge in [0.25, 0.3) is 0 Å². The van der Waals surface area contributed by atoms with Crippen molar-refractivity contribution < 1.29 is 0 Å². The van der Waals surface area contributed by atoms with Crippen molar-refractivity contribution in [2.24, 2.45) is 23.7 Å². The van der Waals surface area contributed by atoms with E-state index in [4.69, 9.17) is 0 Å². The first-order chi connectivity index (χ1) is 7.93. The molecular formula is C16H24. The normalized spacial score (nSPS) is 46.5. The van der Waals surface area contributed by atoms with Crippen LogP contribution in [-0.4, -0.2) is 0 Å². The summed E-state index contributed by atoms with van der Waals surface area (Å²) in [5.41, 5.74) is 4.08. The zero-order valence-electron chi connectivity index (χ0n) is 10.4. The predicted molar refractivity (Wildman–Crippen MR) is 67.2 cm³/mol. The van der Waals surface area contributed by atoms with Crippen LogP contribution in [0.5, 0.6) is 0 Å². The van der Waals surface area contributed by atoms with Crippen LogP contribution in [0.2, 0.25) is 0 Å². The minimum Gasteiger partial charge on any atom is -0.0642 e. The highest BCUT2D eigenvalue weighted by Crippen LogP contribution is 2.55. The minimum absolute atomic E-state index is 1.05. The van der Waals surface area contributed by atoms with Crippen LogP contribution in [0.25, 0.3) is 0 Å². The number of hydrogen-bond donors (Lipinski definition) is 0. The Labute approximate surface area is 99.5 Å². The van der Waals surface area contributed by atoms with Crippen molar-refractivity contribution in [3.63, 3.8) is 0 Å². The molecule has 4 atom stereocenters. The van der Waals surface area contributed by atoms with Crippen molar-refractivity contribution in [3.8, 4) is 0 Å².